The molecule has 0 radical (unpaired) electrons. The van der Waals surface area contributed by atoms with Crippen LogP contribution in [0.15, 0.2) is 6.07 Å². The Kier molecular flexibility index (Phi) is 4.81. The monoisotopic (exact) mass is 263 g/mol. The van der Waals surface area contributed by atoms with Crippen molar-refractivity contribution in [2.45, 2.75) is 20.3 Å². The van der Waals surface area contributed by atoms with E-state index in [4.69, 9.17) is 0 Å². The number of carbonyl (C=O) groups is 1. The van der Waals surface area contributed by atoms with Crippen LogP contribution in [0.5, 0.6) is 0 Å². The van der Waals surface area contributed by atoms with Gasteiger partial charge in [-0.05, 0) is 39.4 Å². The lowest BCUT2D eigenvalue weighted by molar-refractivity contribution is -0.117. The number of rotatable bonds is 3. The van der Waals surface area contributed by atoms with Crippen LogP contribution in [0.3, 0.4) is 0 Å². The molecule has 1 saturated heterocycles. The Hall–Kier alpha value is -1.53. The third-order valence-corrected chi connectivity index (χ3v) is 3.03. The highest BCUT2D eigenvalue weighted by atomic mass is 16.2. The second-order valence-corrected chi connectivity index (χ2v) is 4.90. The molecule has 1 aromatic heterocycles. The van der Waals surface area contributed by atoms with Crippen LogP contribution >= 0.6 is 0 Å². The number of anilines is 1. The predicted molar refractivity (Wildman–Crippen MR) is 74.1 cm³/mol. The molecule has 19 heavy (non-hydrogen) atoms. The van der Waals surface area contributed by atoms with Crippen LogP contribution < -0.4 is 10.6 Å². The van der Waals surface area contributed by atoms with Crippen molar-refractivity contribution in [1.82, 2.24) is 20.2 Å². The zero-order valence-electron chi connectivity index (χ0n) is 11.6. The molecule has 2 N–H and O–H groups in total. The fraction of sp³-hybridized carbons (Fsp3) is 0.615. The average Bonchev–Trinajstić information content (AvgIpc) is 2.55. The summed E-state index contributed by atoms with van der Waals surface area (Å²) in [6.07, 6.45) is 1.08. The van der Waals surface area contributed by atoms with E-state index in [-0.39, 0.29) is 5.91 Å². The summed E-state index contributed by atoms with van der Waals surface area (Å²) in [5, 5.41) is 6.09. The second kappa shape index (κ2) is 6.58. The topological polar surface area (TPSA) is 70.2 Å². The lowest BCUT2D eigenvalue weighted by Gasteiger charge is -2.18. The van der Waals surface area contributed by atoms with Gasteiger partial charge in [0.05, 0.1) is 6.54 Å². The van der Waals surface area contributed by atoms with Gasteiger partial charge in [0, 0.05) is 24.5 Å². The molecule has 1 aliphatic rings. The van der Waals surface area contributed by atoms with Crippen molar-refractivity contribution in [1.29, 1.82) is 0 Å². The van der Waals surface area contributed by atoms with Gasteiger partial charge >= 0.3 is 0 Å². The van der Waals surface area contributed by atoms with Gasteiger partial charge < -0.3 is 5.32 Å². The Balaban J connectivity index is 1.89. The number of aromatic nitrogens is 2. The van der Waals surface area contributed by atoms with E-state index in [1.807, 2.05) is 19.9 Å². The predicted octanol–water partition coefficient (Wildman–Crippen LogP) is 0.327. The molecule has 1 aromatic rings. The van der Waals surface area contributed by atoms with E-state index >= 15 is 0 Å². The molecule has 0 atom stereocenters. The minimum absolute atomic E-state index is 0.0492. The summed E-state index contributed by atoms with van der Waals surface area (Å²) in [4.78, 5) is 22.5. The fourth-order valence-corrected chi connectivity index (χ4v) is 2.21. The fourth-order valence-electron chi connectivity index (χ4n) is 2.21. The van der Waals surface area contributed by atoms with Crippen molar-refractivity contribution < 1.29 is 4.79 Å². The maximum atomic E-state index is 12.0. The first-order valence-electron chi connectivity index (χ1n) is 6.69. The molecule has 6 nitrogen and oxygen atoms in total. The zero-order valence-corrected chi connectivity index (χ0v) is 11.6. The summed E-state index contributed by atoms with van der Waals surface area (Å²) >= 11 is 0. The molecule has 6 heteroatoms. The quantitative estimate of drug-likeness (QED) is 0.822. The van der Waals surface area contributed by atoms with Gasteiger partial charge in [0.1, 0.15) is 0 Å². The molecule has 0 aliphatic carbocycles. The average molecular weight is 263 g/mol. The zero-order chi connectivity index (χ0) is 13.7. The van der Waals surface area contributed by atoms with E-state index in [9.17, 15) is 4.79 Å². The molecule has 0 saturated carbocycles. The Bertz CT molecular complexity index is 420. The maximum Gasteiger partial charge on any atom is 0.240 e. The molecule has 0 aromatic carbocycles. The first-order chi connectivity index (χ1) is 9.13. The molecule has 104 valence electrons. The molecule has 0 unspecified atom stereocenters. The van der Waals surface area contributed by atoms with Crippen molar-refractivity contribution in [2.75, 3.05) is 38.0 Å². The number of aryl methyl sites for hydroxylation is 2. The Morgan fingerprint density at radius 2 is 2.05 bits per heavy atom. The van der Waals surface area contributed by atoms with E-state index < -0.39 is 0 Å². The number of nitrogens with zero attached hydrogens (tertiary/aromatic N) is 3. The van der Waals surface area contributed by atoms with Gasteiger partial charge in [0.2, 0.25) is 11.9 Å². The molecule has 0 spiro atoms. The van der Waals surface area contributed by atoms with Gasteiger partial charge in [-0.1, -0.05) is 0 Å². The number of carbonyl (C=O) groups excluding carboxylic acids is 1. The Morgan fingerprint density at radius 3 is 2.79 bits per heavy atom. The molecule has 0 bridgehead atoms. The first kappa shape index (κ1) is 13.9. The molecular weight excluding hydrogens is 242 g/mol. The van der Waals surface area contributed by atoms with Crippen LogP contribution in [0, 0.1) is 13.8 Å². The third-order valence-electron chi connectivity index (χ3n) is 3.03. The van der Waals surface area contributed by atoms with E-state index in [0.717, 1.165) is 44.0 Å². The molecule has 2 heterocycles. The Labute approximate surface area is 113 Å². The summed E-state index contributed by atoms with van der Waals surface area (Å²) in [5.74, 6) is 0.349. The standard InChI is InChI=1S/C13H21N5O/c1-10-8-11(2)16-13(15-10)17-12(19)9-18-6-3-4-14-5-7-18/h8,14H,3-7,9H2,1-2H3,(H,15,16,17,19). The molecule has 1 aliphatic heterocycles. The first-order valence-corrected chi connectivity index (χ1v) is 6.69. The highest BCUT2D eigenvalue weighted by molar-refractivity contribution is 5.90. The van der Waals surface area contributed by atoms with Gasteiger partial charge in [0.15, 0.2) is 0 Å². The van der Waals surface area contributed by atoms with Crippen molar-refractivity contribution >= 4 is 11.9 Å². The van der Waals surface area contributed by atoms with Crippen LogP contribution in [0.25, 0.3) is 0 Å². The minimum atomic E-state index is -0.0492. The smallest absolute Gasteiger partial charge is 0.240 e. The SMILES string of the molecule is Cc1cc(C)nc(NC(=O)CN2CCCNCC2)n1. The van der Waals surface area contributed by atoms with Crippen molar-refractivity contribution in [3.8, 4) is 0 Å². The third kappa shape index (κ3) is 4.57. The van der Waals surface area contributed by atoms with Gasteiger partial charge in [-0.15, -0.1) is 0 Å². The molecule has 1 fully saturated rings. The summed E-state index contributed by atoms with van der Waals surface area (Å²) in [6.45, 7) is 8.01. The van der Waals surface area contributed by atoms with Crippen molar-refractivity contribution in [3.05, 3.63) is 17.5 Å². The van der Waals surface area contributed by atoms with E-state index in [2.05, 4.69) is 25.5 Å². The summed E-state index contributed by atoms with van der Waals surface area (Å²) in [6, 6.07) is 1.89. The van der Waals surface area contributed by atoms with E-state index in [0.29, 0.717) is 12.5 Å². The second-order valence-electron chi connectivity index (χ2n) is 4.90. The minimum Gasteiger partial charge on any atom is -0.315 e. The Morgan fingerprint density at radius 1 is 1.32 bits per heavy atom. The molecule has 1 amide bonds. The van der Waals surface area contributed by atoms with E-state index in [1.165, 1.54) is 0 Å². The van der Waals surface area contributed by atoms with Gasteiger partial charge in [0.25, 0.3) is 0 Å². The molecular formula is C13H21N5O. The number of nitrogens with one attached hydrogen (secondary N) is 2. The number of hydrogen-bond acceptors (Lipinski definition) is 5. The van der Waals surface area contributed by atoms with Crippen LogP contribution in [-0.2, 0) is 4.79 Å². The van der Waals surface area contributed by atoms with Gasteiger partial charge in [-0.3, -0.25) is 15.0 Å². The maximum absolute atomic E-state index is 12.0. The largest absolute Gasteiger partial charge is 0.315 e. The van der Waals surface area contributed by atoms with Crippen LogP contribution in [0.2, 0.25) is 0 Å². The van der Waals surface area contributed by atoms with Crippen molar-refractivity contribution in [2.24, 2.45) is 0 Å². The number of amides is 1. The lowest BCUT2D eigenvalue weighted by Crippen LogP contribution is -2.36. The van der Waals surface area contributed by atoms with Crippen LogP contribution in [0.4, 0.5) is 5.95 Å². The summed E-state index contributed by atoms with van der Waals surface area (Å²) in [5.41, 5.74) is 1.73. The van der Waals surface area contributed by atoms with Crippen molar-refractivity contribution in [3.63, 3.8) is 0 Å². The highest BCUT2D eigenvalue weighted by Gasteiger charge is 2.13. The molecule has 2 rings (SSSR count). The van der Waals surface area contributed by atoms with E-state index in [1.54, 1.807) is 0 Å². The highest BCUT2D eigenvalue weighted by Crippen LogP contribution is 2.04. The van der Waals surface area contributed by atoms with Crippen LogP contribution in [-0.4, -0.2) is 53.5 Å². The summed E-state index contributed by atoms with van der Waals surface area (Å²) < 4.78 is 0. The lowest BCUT2D eigenvalue weighted by atomic mass is 10.3. The normalized spacial score (nSPS) is 16.9. The van der Waals surface area contributed by atoms with Gasteiger partial charge in [-0.25, -0.2) is 9.97 Å². The van der Waals surface area contributed by atoms with Crippen LogP contribution in [0.1, 0.15) is 17.8 Å². The number of hydrogen-bond donors (Lipinski definition) is 2. The summed E-state index contributed by atoms with van der Waals surface area (Å²) in [7, 11) is 0. The van der Waals surface area contributed by atoms with Gasteiger partial charge in [-0.2, -0.15) is 0 Å².